The first-order chi connectivity index (χ1) is 9.92. The van der Waals surface area contributed by atoms with Crippen molar-refractivity contribution in [3.8, 4) is 11.3 Å². The molecule has 20 heavy (non-hydrogen) atoms. The maximum atomic E-state index is 5.56. The SMILES string of the molecule is c1cc2c(c(-c3cc(C4OCCO4)ccn3)c1)CCN2. The third-order valence-electron chi connectivity index (χ3n) is 3.82. The number of hydrogen-bond acceptors (Lipinski definition) is 4. The van der Waals surface area contributed by atoms with Gasteiger partial charge in [0.25, 0.3) is 0 Å². The monoisotopic (exact) mass is 268 g/mol. The molecule has 0 atom stereocenters. The molecule has 4 nitrogen and oxygen atoms in total. The minimum absolute atomic E-state index is 0.244. The zero-order chi connectivity index (χ0) is 13.4. The van der Waals surface area contributed by atoms with Crippen LogP contribution in [0.2, 0.25) is 0 Å². The van der Waals surface area contributed by atoms with Gasteiger partial charge in [-0.05, 0) is 30.2 Å². The molecule has 4 rings (SSSR count). The maximum Gasteiger partial charge on any atom is 0.184 e. The highest BCUT2D eigenvalue weighted by Gasteiger charge is 2.20. The zero-order valence-corrected chi connectivity index (χ0v) is 11.1. The van der Waals surface area contributed by atoms with Gasteiger partial charge in [-0.2, -0.15) is 0 Å². The van der Waals surface area contributed by atoms with Crippen molar-refractivity contribution in [3.63, 3.8) is 0 Å². The lowest BCUT2D eigenvalue weighted by molar-refractivity contribution is -0.0441. The molecule has 0 radical (unpaired) electrons. The summed E-state index contributed by atoms with van der Waals surface area (Å²) in [4.78, 5) is 4.52. The molecular formula is C16H16N2O2. The smallest absolute Gasteiger partial charge is 0.184 e. The standard InChI is InChI=1S/C16H16N2O2/c1-2-12(13-5-7-17-14(13)3-1)15-10-11(4-6-18-15)16-19-8-9-20-16/h1-4,6,10,16-17H,5,7-9H2. The Labute approximate surface area is 117 Å². The first-order valence-electron chi connectivity index (χ1n) is 6.97. The fourth-order valence-corrected chi connectivity index (χ4v) is 2.88. The summed E-state index contributed by atoms with van der Waals surface area (Å²) < 4.78 is 11.1. The van der Waals surface area contributed by atoms with E-state index in [0.29, 0.717) is 13.2 Å². The van der Waals surface area contributed by atoms with Crippen LogP contribution < -0.4 is 5.32 Å². The Bertz CT molecular complexity index is 636. The van der Waals surface area contributed by atoms with E-state index < -0.39 is 0 Å². The Balaban J connectivity index is 1.75. The van der Waals surface area contributed by atoms with E-state index in [1.54, 1.807) is 0 Å². The highest BCUT2D eigenvalue weighted by molar-refractivity contribution is 5.74. The summed E-state index contributed by atoms with van der Waals surface area (Å²) in [6.07, 6.45) is 2.64. The van der Waals surface area contributed by atoms with Crippen LogP contribution in [-0.4, -0.2) is 24.7 Å². The number of hydrogen-bond donors (Lipinski definition) is 1. The van der Waals surface area contributed by atoms with Crippen molar-refractivity contribution in [1.29, 1.82) is 0 Å². The Morgan fingerprint density at radius 1 is 1.15 bits per heavy atom. The molecule has 1 saturated heterocycles. The van der Waals surface area contributed by atoms with Crippen LogP contribution in [0, 0.1) is 0 Å². The maximum absolute atomic E-state index is 5.56. The van der Waals surface area contributed by atoms with E-state index in [-0.39, 0.29) is 6.29 Å². The van der Waals surface area contributed by atoms with Gasteiger partial charge in [-0.25, -0.2) is 0 Å². The Morgan fingerprint density at radius 2 is 2.05 bits per heavy atom. The van der Waals surface area contributed by atoms with Gasteiger partial charge in [0.15, 0.2) is 6.29 Å². The second-order valence-electron chi connectivity index (χ2n) is 5.06. The molecule has 1 aromatic heterocycles. The average molecular weight is 268 g/mol. The lowest BCUT2D eigenvalue weighted by Crippen LogP contribution is -1.99. The van der Waals surface area contributed by atoms with Crippen molar-refractivity contribution >= 4 is 5.69 Å². The first kappa shape index (κ1) is 11.9. The summed E-state index contributed by atoms with van der Waals surface area (Å²) >= 11 is 0. The van der Waals surface area contributed by atoms with Crippen molar-refractivity contribution in [2.75, 3.05) is 25.1 Å². The Morgan fingerprint density at radius 3 is 2.95 bits per heavy atom. The molecule has 102 valence electrons. The lowest BCUT2D eigenvalue weighted by Gasteiger charge is -2.12. The number of nitrogens with zero attached hydrogens (tertiary/aromatic N) is 1. The molecule has 1 N–H and O–H groups in total. The van der Waals surface area contributed by atoms with Crippen LogP contribution in [0.5, 0.6) is 0 Å². The minimum atomic E-state index is -0.244. The highest BCUT2D eigenvalue weighted by atomic mass is 16.7. The molecule has 2 aromatic rings. The summed E-state index contributed by atoms with van der Waals surface area (Å²) in [5.74, 6) is 0. The second kappa shape index (κ2) is 4.89. The van der Waals surface area contributed by atoms with E-state index in [0.717, 1.165) is 24.2 Å². The molecule has 1 fully saturated rings. The summed E-state index contributed by atoms with van der Waals surface area (Å²) in [7, 11) is 0. The van der Waals surface area contributed by atoms with E-state index >= 15 is 0 Å². The van der Waals surface area contributed by atoms with Crippen LogP contribution in [0.4, 0.5) is 5.69 Å². The number of fused-ring (bicyclic) bond motifs is 1. The van der Waals surface area contributed by atoms with Crippen LogP contribution in [0.3, 0.4) is 0 Å². The Hall–Kier alpha value is -1.91. The molecule has 0 unspecified atom stereocenters. The largest absolute Gasteiger partial charge is 0.384 e. The third kappa shape index (κ3) is 1.97. The lowest BCUT2D eigenvalue weighted by atomic mass is 10.0. The van der Waals surface area contributed by atoms with Gasteiger partial charge in [0, 0.05) is 29.6 Å². The summed E-state index contributed by atoms with van der Waals surface area (Å²) in [6.45, 7) is 2.32. The first-order valence-corrected chi connectivity index (χ1v) is 6.97. The molecule has 4 heteroatoms. The van der Waals surface area contributed by atoms with E-state index in [9.17, 15) is 0 Å². The molecule has 1 aromatic carbocycles. The van der Waals surface area contributed by atoms with Crippen LogP contribution in [0.15, 0.2) is 36.5 Å². The van der Waals surface area contributed by atoms with Gasteiger partial charge in [-0.15, -0.1) is 0 Å². The van der Waals surface area contributed by atoms with Crippen molar-refractivity contribution in [2.24, 2.45) is 0 Å². The van der Waals surface area contributed by atoms with Crippen molar-refractivity contribution in [1.82, 2.24) is 4.98 Å². The molecule has 2 aliphatic rings. The second-order valence-corrected chi connectivity index (χ2v) is 5.06. The molecule has 3 heterocycles. The van der Waals surface area contributed by atoms with Crippen molar-refractivity contribution in [2.45, 2.75) is 12.7 Å². The highest BCUT2D eigenvalue weighted by Crippen LogP contribution is 2.33. The number of ether oxygens (including phenoxy) is 2. The van der Waals surface area contributed by atoms with Gasteiger partial charge in [-0.3, -0.25) is 4.98 Å². The predicted octanol–water partition coefficient (Wildman–Crippen LogP) is 2.76. The minimum Gasteiger partial charge on any atom is -0.384 e. The number of aromatic nitrogens is 1. The molecule has 0 spiro atoms. The van der Waals surface area contributed by atoms with Crippen molar-refractivity contribution in [3.05, 3.63) is 47.7 Å². The van der Waals surface area contributed by atoms with E-state index in [1.807, 2.05) is 12.3 Å². The van der Waals surface area contributed by atoms with Crippen LogP contribution in [0.25, 0.3) is 11.3 Å². The van der Waals surface area contributed by atoms with Gasteiger partial charge < -0.3 is 14.8 Å². The fraction of sp³-hybridized carbons (Fsp3) is 0.312. The average Bonchev–Trinajstić information content (AvgIpc) is 3.18. The van der Waals surface area contributed by atoms with Crippen LogP contribution in [0.1, 0.15) is 17.4 Å². The van der Waals surface area contributed by atoms with E-state index in [4.69, 9.17) is 9.47 Å². The predicted molar refractivity (Wildman–Crippen MR) is 76.5 cm³/mol. The molecule has 0 aliphatic carbocycles. The number of rotatable bonds is 2. The van der Waals surface area contributed by atoms with E-state index in [1.165, 1.54) is 16.8 Å². The quantitative estimate of drug-likeness (QED) is 0.909. The van der Waals surface area contributed by atoms with Crippen LogP contribution >= 0.6 is 0 Å². The number of pyridine rings is 1. The number of anilines is 1. The summed E-state index contributed by atoms with van der Waals surface area (Å²) in [5.41, 5.74) is 5.80. The Kier molecular flexibility index (Phi) is 2.90. The molecular weight excluding hydrogens is 252 g/mol. The van der Waals surface area contributed by atoms with Crippen molar-refractivity contribution < 1.29 is 9.47 Å². The van der Waals surface area contributed by atoms with E-state index in [2.05, 4.69) is 34.6 Å². The fourth-order valence-electron chi connectivity index (χ4n) is 2.88. The van der Waals surface area contributed by atoms with Gasteiger partial charge in [0.05, 0.1) is 18.9 Å². The van der Waals surface area contributed by atoms with Gasteiger partial charge in [-0.1, -0.05) is 12.1 Å². The molecule has 0 saturated carbocycles. The van der Waals surface area contributed by atoms with Gasteiger partial charge >= 0.3 is 0 Å². The number of nitrogens with one attached hydrogen (secondary N) is 1. The summed E-state index contributed by atoms with van der Waals surface area (Å²) in [6, 6.07) is 10.4. The zero-order valence-electron chi connectivity index (χ0n) is 11.1. The van der Waals surface area contributed by atoms with Gasteiger partial charge in [0.2, 0.25) is 0 Å². The summed E-state index contributed by atoms with van der Waals surface area (Å²) in [5, 5.41) is 3.40. The third-order valence-corrected chi connectivity index (χ3v) is 3.82. The molecule has 0 bridgehead atoms. The molecule has 2 aliphatic heterocycles. The van der Waals surface area contributed by atoms with Gasteiger partial charge in [0.1, 0.15) is 0 Å². The van der Waals surface area contributed by atoms with Crippen LogP contribution in [-0.2, 0) is 15.9 Å². The normalized spacial score (nSPS) is 18.0. The number of benzene rings is 1. The molecule has 0 amide bonds. The topological polar surface area (TPSA) is 43.4 Å².